The van der Waals surface area contributed by atoms with Crippen LogP contribution in [0.15, 0.2) is 30.3 Å². The summed E-state index contributed by atoms with van der Waals surface area (Å²) in [5, 5.41) is 9.91. The number of aromatic carboxylic acids is 1. The predicted octanol–water partition coefficient (Wildman–Crippen LogP) is 6.93. The van der Waals surface area contributed by atoms with E-state index in [2.05, 4.69) is 26.8 Å². The summed E-state index contributed by atoms with van der Waals surface area (Å²) in [6.07, 6.45) is 2.31. The van der Waals surface area contributed by atoms with Crippen LogP contribution in [0.25, 0.3) is 11.1 Å². The molecule has 5 nitrogen and oxygen atoms in total. The van der Waals surface area contributed by atoms with E-state index in [-0.39, 0.29) is 23.3 Å². The van der Waals surface area contributed by atoms with Gasteiger partial charge in [-0.3, -0.25) is 0 Å². The Kier molecular flexibility index (Phi) is 8.26. The lowest BCUT2D eigenvalue weighted by Crippen LogP contribution is -2.15. The largest absolute Gasteiger partial charge is 0.513 e. The summed E-state index contributed by atoms with van der Waals surface area (Å²) in [4.78, 5) is 24.5. The molecule has 1 N–H and O–H groups in total. The number of carbonyl (C=O) groups excluding carboxylic acids is 1. The summed E-state index contributed by atoms with van der Waals surface area (Å²) < 4.78 is 10.9. The Hall–Kier alpha value is -2.82. The average Bonchev–Trinajstić information content (AvgIpc) is 2.68. The highest BCUT2D eigenvalue weighted by atomic mass is 16.7. The fraction of sp³-hybridized carbons (Fsp3) is 0.462. The van der Waals surface area contributed by atoms with Crippen LogP contribution in [-0.4, -0.2) is 23.8 Å². The standard InChI is InChI=1S/C26H34O5/c1-7-9-13-30-25(29)31-23-18(10-8-2)11-12-21(24(27)28)22(23)19-14-17(3)15-20(16-19)26(4,5)6/h11-12,14-16H,7-10,13H2,1-6H3,(H,27,28). The Morgan fingerprint density at radius 2 is 1.74 bits per heavy atom. The summed E-state index contributed by atoms with van der Waals surface area (Å²) in [5.41, 5.74) is 3.99. The first-order chi connectivity index (χ1) is 14.6. The van der Waals surface area contributed by atoms with Gasteiger partial charge in [0.05, 0.1) is 12.2 Å². The maximum absolute atomic E-state index is 12.4. The Balaban J connectivity index is 2.71. The van der Waals surface area contributed by atoms with Crippen molar-refractivity contribution in [1.29, 1.82) is 0 Å². The van der Waals surface area contributed by atoms with Gasteiger partial charge in [0.1, 0.15) is 5.75 Å². The molecule has 2 aromatic rings. The highest BCUT2D eigenvalue weighted by Gasteiger charge is 2.24. The van der Waals surface area contributed by atoms with E-state index in [1.807, 2.05) is 32.9 Å². The number of hydrogen-bond donors (Lipinski definition) is 1. The topological polar surface area (TPSA) is 72.8 Å². The number of carboxylic acid groups (broad SMARTS) is 1. The Morgan fingerprint density at radius 1 is 1.03 bits per heavy atom. The van der Waals surface area contributed by atoms with E-state index < -0.39 is 12.1 Å². The number of ether oxygens (including phenoxy) is 2. The van der Waals surface area contributed by atoms with Gasteiger partial charge >= 0.3 is 12.1 Å². The lowest BCUT2D eigenvalue weighted by atomic mass is 9.83. The second-order valence-corrected chi connectivity index (χ2v) is 8.92. The van der Waals surface area contributed by atoms with Crippen molar-refractivity contribution in [3.8, 4) is 16.9 Å². The normalized spacial score (nSPS) is 11.3. The molecule has 31 heavy (non-hydrogen) atoms. The van der Waals surface area contributed by atoms with Crippen LogP contribution in [0.1, 0.15) is 80.9 Å². The fourth-order valence-electron chi connectivity index (χ4n) is 3.45. The molecule has 0 saturated heterocycles. The molecule has 168 valence electrons. The molecule has 2 rings (SSSR count). The molecule has 0 radical (unpaired) electrons. The molecular weight excluding hydrogens is 392 g/mol. The van der Waals surface area contributed by atoms with Crippen molar-refractivity contribution in [3.05, 3.63) is 52.6 Å². The van der Waals surface area contributed by atoms with E-state index >= 15 is 0 Å². The van der Waals surface area contributed by atoms with Gasteiger partial charge in [-0.15, -0.1) is 0 Å². The molecule has 0 aliphatic heterocycles. The summed E-state index contributed by atoms with van der Waals surface area (Å²) in [6.45, 7) is 12.6. The minimum Gasteiger partial charge on any atom is -0.478 e. The second-order valence-electron chi connectivity index (χ2n) is 8.92. The zero-order valence-electron chi connectivity index (χ0n) is 19.5. The number of unbranched alkanes of at least 4 members (excludes halogenated alkanes) is 1. The zero-order chi connectivity index (χ0) is 23.2. The summed E-state index contributed by atoms with van der Waals surface area (Å²) in [6, 6.07) is 9.34. The van der Waals surface area contributed by atoms with E-state index in [0.29, 0.717) is 12.0 Å². The van der Waals surface area contributed by atoms with Crippen LogP contribution in [0.3, 0.4) is 0 Å². The molecule has 0 unspecified atom stereocenters. The van der Waals surface area contributed by atoms with Crippen LogP contribution in [0.5, 0.6) is 5.75 Å². The van der Waals surface area contributed by atoms with Crippen LogP contribution < -0.4 is 4.74 Å². The van der Waals surface area contributed by atoms with Gasteiger partial charge in [0.25, 0.3) is 0 Å². The van der Waals surface area contributed by atoms with E-state index in [0.717, 1.165) is 41.5 Å². The van der Waals surface area contributed by atoms with Gasteiger partial charge < -0.3 is 14.6 Å². The maximum atomic E-state index is 12.4. The van der Waals surface area contributed by atoms with E-state index in [1.54, 1.807) is 12.1 Å². The molecule has 2 aromatic carbocycles. The number of carbonyl (C=O) groups is 2. The van der Waals surface area contributed by atoms with Gasteiger partial charge in [-0.25, -0.2) is 9.59 Å². The van der Waals surface area contributed by atoms with Crippen molar-refractivity contribution in [1.82, 2.24) is 0 Å². The summed E-state index contributed by atoms with van der Waals surface area (Å²) in [5.74, 6) is -0.797. The second kappa shape index (κ2) is 10.5. The molecule has 0 atom stereocenters. The lowest BCUT2D eigenvalue weighted by molar-refractivity contribution is 0.0695. The zero-order valence-corrected chi connectivity index (χ0v) is 19.5. The number of rotatable bonds is 8. The third-order valence-electron chi connectivity index (χ3n) is 5.12. The lowest BCUT2D eigenvalue weighted by Gasteiger charge is -2.22. The Labute approximate surface area is 185 Å². The van der Waals surface area contributed by atoms with Crippen molar-refractivity contribution < 1.29 is 24.2 Å². The number of carboxylic acids is 1. The van der Waals surface area contributed by atoms with Gasteiger partial charge in [-0.1, -0.05) is 77.3 Å². The molecule has 0 amide bonds. The third kappa shape index (κ3) is 6.33. The van der Waals surface area contributed by atoms with Crippen LogP contribution in [-0.2, 0) is 16.6 Å². The smallest absolute Gasteiger partial charge is 0.478 e. The quantitative estimate of drug-likeness (QED) is 0.281. The van der Waals surface area contributed by atoms with E-state index in [9.17, 15) is 14.7 Å². The van der Waals surface area contributed by atoms with Crippen molar-refractivity contribution >= 4 is 12.1 Å². The maximum Gasteiger partial charge on any atom is 0.513 e. The fourth-order valence-corrected chi connectivity index (χ4v) is 3.45. The molecule has 5 heteroatoms. The van der Waals surface area contributed by atoms with Crippen molar-refractivity contribution in [2.75, 3.05) is 6.61 Å². The monoisotopic (exact) mass is 426 g/mol. The van der Waals surface area contributed by atoms with Gasteiger partial charge in [-0.05, 0) is 47.9 Å². The van der Waals surface area contributed by atoms with Gasteiger partial charge in [-0.2, -0.15) is 0 Å². The van der Waals surface area contributed by atoms with Crippen LogP contribution in [0, 0.1) is 6.92 Å². The van der Waals surface area contributed by atoms with Crippen molar-refractivity contribution in [2.45, 2.75) is 72.6 Å². The van der Waals surface area contributed by atoms with Crippen molar-refractivity contribution in [2.24, 2.45) is 0 Å². The molecule has 0 heterocycles. The molecular formula is C26H34O5. The van der Waals surface area contributed by atoms with E-state index in [4.69, 9.17) is 9.47 Å². The summed E-state index contributed by atoms with van der Waals surface area (Å²) in [7, 11) is 0. The van der Waals surface area contributed by atoms with Crippen molar-refractivity contribution in [3.63, 3.8) is 0 Å². The minimum absolute atomic E-state index is 0.0988. The van der Waals surface area contributed by atoms with E-state index in [1.165, 1.54) is 0 Å². The number of aryl methyl sites for hydroxylation is 2. The van der Waals surface area contributed by atoms with Crippen LogP contribution >= 0.6 is 0 Å². The molecule has 0 aliphatic rings. The summed E-state index contributed by atoms with van der Waals surface area (Å²) >= 11 is 0. The van der Waals surface area contributed by atoms with Crippen LogP contribution in [0.2, 0.25) is 0 Å². The van der Waals surface area contributed by atoms with Gasteiger partial charge in [0.15, 0.2) is 0 Å². The molecule has 0 aliphatic carbocycles. The average molecular weight is 427 g/mol. The minimum atomic E-state index is -1.07. The first-order valence-electron chi connectivity index (χ1n) is 10.9. The molecule has 0 fully saturated rings. The van der Waals surface area contributed by atoms with Gasteiger partial charge in [0.2, 0.25) is 0 Å². The molecule has 0 saturated carbocycles. The first kappa shape index (κ1) is 24.4. The first-order valence-corrected chi connectivity index (χ1v) is 10.9. The van der Waals surface area contributed by atoms with Crippen LogP contribution in [0.4, 0.5) is 4.79 Å². The number of hydrogen-bond acceptors (Lipinski definition) is 4. The highest BCUT2D eigenvalue weighted by molar-refractivity contribution is 5.99. The molecule has 0 bridgehead atoms. The van der Waals surface area contributed by atoms with Gasteiger partial charge in [0, 0.05) is 5.56 Å². The third-order valence-corrected chi connectivity index (χ3v) is 5.12. The Morgan fingerprint density at radius 3 is 2.32 bits per heavy atom. The number of benzene rings is 2. The molecule has 0 spiro atoms. The SMILES string of the molecule is CCCCOC(=O)Oc1c(CCC)ccc(C(=O)O)c1-c1cc(C)cc(C(C)(C)C)c1. The Bertz CT molecular complexity index is 938. The highest BCUT2D eigenvalue weighted by Crippen LogP contribution is 2.40. The predicted molar refractivity (Wildman–Crippen MR) is 123 cm³/mol. The molecule has 0 aromatic heterocycles.